The van der Waals surface area contributed by atoms with Crippen LogP contribution in [-0.2, 0) is 10.0 Å². The Labute approximate surface area is 227 Å². The zero-order chi connectivity index (χ0) is 27.1. The maximum Gasteiger partial charge on any atom is 0.254 e. The number of thiazole rings is 1. The van der Waals surface area contributed by atoms with Crippen LogP contribution in [0.1, 0.15) is 0 Å². The first-order valence-corrected chi connectivity index (χ1v) is 14.7. The van der Waals surface area contributed by atoms with Gasteiger partial charge in [-0.1, -0.05) is 11.3 Å². The standard InChI is InChI=1S/C24H35FN8O3S2/c1-26-17-21(30(3)14-15-36-22-5-4-20(25)16-27-22)19-31-8-12-33(13-9-31)38(34,35)23-18-28-24(37-23)32-10-6-29(2)7-11-32/h4-5,16-18H,1,6-15,19H2,2-3H3/b21-17-. The third kappa shape index (κ3) is 7.26. The van der Waals surface area contributed by atoms with Crippen LogP contribution in [0.15, 0.2) is 45.6 Å². The van der Waals surface area contributed by atoms with Gasteiger partial charge >= 0.3 is 0 Å². The normalized spacial score (nSPS) is 18.5. The molecule has 2 aliphatic heterocycles. The number of aromatic nitrogens is 2. The first-order chi connectivity index (χ1) is 18.3. The van der Waals surface area contributed by atoms with E-state index in [1.54, 1.807) is 10.5 Å². The molecule has 0 bridgehead atoms. The second-order valence-corrected chi connectivity index (χ2v) is 12.5. The molecule has 0 saturated carbocycles. The molecule has 38 heavy (non-hydrogen) atoms. The largest absolute Gasteiger partial charge is 0.476 e. The van der Waals surface area contributed by atoms with Crippen LogP contribution in [0.25, 0.3) is 0 Å². The van der Waals surface area contributed by atoms with E-state index in [-0.39, 0.29) is 0 Å². The Kier molecular flexibility index (Phi) is 9.65. The molecule has 2 aromatic rings. The summed E-state index contributed by atoms with van der Waals surface area (Å²) in [5.74, 6) is -0.0480. The van der Waals surface area contributed by atoms with Crippen LogP contribution in [0.5, 0.6) is 5.88 Å². The van der Waals surface area contributed by atoms with E-state index in [1.807, 2.05) is 11.9 Å². The van der Waals surface area contributed by atoms with Gasteiger partial charge in [0.2, 0.25) is 5.88 Å². The van der Waals surface area contributed by atoms with Gasteiger partial charge in [-0.15, -0.1) is 0 Å². The highest BCUT2D eigenvalue weighted by molar-refractivity contribution is 7.91. The van der Waals surface area contributed by atoms with Crippen molar-refractivity contribution in [2.24, 2.45) is 4.99 Å². The van der Waals surface area contributed by atoms with Gasteiger partial charge in [0.05, 0.1) is 18.9 Å². The summed E-state index contributed by atoms with van der Waals surface area (Å²) in [4.78, 5) is 20.9. The Morgan fingerprint density at radius 2 is 1.89 bits per heavy atom. The Morgan fingerprint density at radius 1 is 1.16 bits per heavy atom. The van der Waals surface area contributed by atoms with E-state index in [4.69, 9.17) is 4.74 Å². The van der Waals surface area contributed by atoms with E-state index < -0.39 is 15.8 Å². The fraction of sp³-hybridized carbons (Fsp3) is 0.542. The quantitative estimate of drug-likeness (QED) is 0.373. The number of likely N-dealkylation sites (N-methyl/N-ethyl adjacent to an activating group) is 2. The molecule has 208 valence electrons. The lowest BCUT2D eigenvalue weighted by Gasteiger charge is -2.35. The molecular weight excluding hydrogens is 531 g/mol. The molecule has 0 radical (unpaired) electrons. The molecule has 4 heterocycles. The van der Waals surface area contributed by atoms with Crippen molar-refractivity contribution >= 4 is 33.2 Å². The maximum absolute atomic E-state index is 13.3. The van der Waals surface area contributed by atoms with Gasteiger partial charge in [0.15, 0.2) is 9.34 Å². The molecule has 0 atom stereocenters. The van der Waals surface area contributed by atoms with E-state index in [0.717, 1.165) is 43.2 Å². The average molecular weight is 567 g/mol. The number of halogens is 1. The van der Waals surface area contributed by atoms with Gasteiger partial charge in [0.1, 0.15) is 12.4 Å². The van der Waals surface area contributed by atoms with Gasteiger partial charge in [-0.25, -0.2) is 22.8 Å². The summed E-state index contributed by atoms with van der Waals surface area (Å²) >= 11 is 1.25. The molecule has 4 rings (SSSR count). The van der Waals surface area contributed by atoms with Gasteiger partial charge in [0, 0.05) is 83.9 Å². The summed E-state index contributed by atoms with van der Waals surface area (Å²) in [7, 11) is 0.432. The summed E-state index contributed by atoms with van der Waals surface area (Å²) < 4.78 is 47.1. The second-order valence-electron chi connectivity index (χ2n) is 9.32. The summed E-state index contributed by atoms with van der Waals surface area (Å²) in [5.41, 5.74) is 0.936. The summed E-state index contributed by atoms with van der Waals surface area (Å²) in [6.45, 7) is 10.7. The van der Waals surface area contributed by atoms with Crippen LogP contribution in [0.4, 0.5) is 9.52 Å². The summed E-state index contributed by atoms with van der Waals surface area (Å²) in [6.07, 6.45) is 4.32. The van der Waals surface area contributed by atoms with Crippen molar-refractivity contribution in [3.63, 3.8) is 0 Å². The Hall–Kier alpha value is -2.65. The zero-order valence-electron chi connectivity index (χ0n) is 21.9. The minimum atomic E-state index is -3.58. The molecule has 0 aliphatic carbocycles. The molecule has 0 N–H and O–H groups in total. The lowest BCUT2D eigenvalue weighted by molar-refractivity contribution is 0.182. The number of anilines is 1. The number of rotatable bonds is 11. The lowest BCUT2D eigenvalue weighted by Crippen LogP contribution is -2.49. The molecule has 0 aromatic carbocycles. The van der Waals surface area contributed by atoms with Crippen molar-refractivity contribution in [1.29, 1.82) is 0 Å². The molecule has 2 saturated heterocycles. The summed E-state index contributed by atoms with van der Waals surface area (Å²) in [5, 5.41) is 0.768. The number of sulfonamides is 1. The van der Waals surface area contributed by atoms with Crippen molar-refractivity contribution in [2.45, 2.75) is 4.21 Å². The van der Waals surface area contributed by atoms with Crippen LogP contribution in [-0.4, -0.2) is 130 Å². The van der Waals surface area contributed by atoms with Crippen molar-refractivity contribution < 1.29 is 17.5 Å². The van der Waals surface area contributed by atoms with Crippen molar-refractivity contribution in [3.8, 4) is 5.88 Å². The Bertz CT molecular complexity index is 1190. The predicted octanol–water partition coefficient (Wildman–Crippen LogP) is 1.29. The van der Waals surface area contributed by atoms with Gasteiger partial charge in [-0.3, -0.25) is 9.89 Å². The number of pyridine rings is 1. The van der Waals surface area contributed by atoms with Crippen LogP contribution in [0.2, 0.25) is 0 Å². The van der Waals surface area contributed by atoms with E-state index in [9.17, 15) is 12.8 Å². The van der Waals surface area contributed by atoms with Gasteiger partial charge < -0.3 is 19.4 Å². The molecule has 0 spiro atoms. The van der Waals surface area contributed by atoms with Crippen molar-refractivity contribution in [3.05, 3.63) is 42.2 Å². The zero-order valence-corrected chi connectivity index (χ0v) is 23.5. The lowest BCUT2D eigenvalue weighted by atomic mass is 10.3. The molecule has 2 fully saturated rings. The number of piperazine rings is 2. The van der Waals surface area contributed by atoms with Gasteiger partial charge in [-0.05, 0) is 19.8 Å². The minimum Gasteiger partial charge on any atom is -0.476 e. The van der Waals surface area contributed by atoms with E-state index in [1.165, 1.54) is 29.7 Å². The highest BCUT2D eigenvalue weighted by atomic mass is 32.2. The molecular formula is C24H35FN8O3S2. The predicted molar refractivity (Wildman–Crippen MR) is 147 cm³/mol. The van der Waals surface area contributed by atoms with Crippen molar-refractivity contribution in [2.75, 3.05) is 91.0 Å². The average Bonchev–Trinajstić information content (AvgIpc) is 3.42. The van der Waals surface area contributed by atoms with E-state index >= 15 is 0 Å². The smallest absolute Gasteiger partial charge is 0.254 e. The monoisotopic (exact) mass is 566 g/mol. The Balaban J connectivity index is 1.27. The number of hydrogen-bond acceptors (Lipinski definition) is 11. The number of nitrogens with zero attached hydrogens (tertiary/aromatic N) is 8. The SMILES string of the molecule is C=N/C=C(/CN1CCN(S(=O)(=O)c2cnc(N3CCN(C)CC3)s2)CC1)N(C)CCOc1ccc(F)cn1. The molecule has 2 aromatic heterocycles. The third-order valence-electron chi connectivity index (χ3n) is 6.66. The van der Waals surface area contributed by atoms with Crippen LogP contribution in [0, 0.1) is 5.82 Å². The fourth-order valence-corrected chi connectivity index (χ4v) is 6.99. The Morgan fingerprint density at radius 3 is 2.55 bits per heavy atom. The minimum absolute atomic E-state index is 0.298. The number of ether oxygens (including phenoxy) is 1. The van der Waals surface area contributed by atoms with Crippen molar-refractivity contribution in [1.82, 2.24) is 29.0 Å². The van der Waals surface area contributed by atoms with E-state index in [2.05, 4.69) is 43.4 Å². The first kappa shape index (κ1) is 28.4. The van der Waals surface area contributed by atoms with Crippen LogP contribution < -0.4 is 9.64 Å². The molecule has 14 heteroatoms. The molecule has 11 nitrogen and oxygen atoms in total. The van der Waals surface area contributed by atoms with E-state index in [0.29, 0.717) is 56.0 Å². The number of aliphatic imine (C=N–C) groups is 1. The second kappa shape index (κ2) is 12.9. The van der Waals surface area contributed by atoms with Gasteiger partial charge in [-0.2, -0.15) is 4.31 Å². The first-order valence-electron chi connectivity index (χ1n) is 12.5. The highest BCUT2D eigenvalue weighted by Crippen LogP contribution is 2.29. The fourth-order valence-electron chi connectivity index (χ4n) is 4.24. The maximum atomic E-state index is 13.3. The van der Waals surface area contributed by atoms with Gasteiger partial charge in [0.25, 0.3) is 10.0 Å². The van der Waals surface area contributed by atoms with Crippen LogP contribution in [0.3, 0.4) is 0 Å². The molecule has 0 unspecified atom stereocenters. The molecule has 0 amide bonds. The molecule has 2 aliphatic rings. The third-order valence-corrected chi connectivity index (χ3v) is 10.1. The van der Waals surface area contributed by atoms with Crippen LogP contribution >= 0.6 is 11.3 Å². The highest BCUT2D eigenvalue weighted by Gasteiger charge is 2.31. The number of hydrogen-bond donors (Lipinski definition) is 0. The topological polar surface area (TPSA) is 97.7 Å². The summed E-state index contributed by atoms with van der Waals surface area (Å²) in [6, 6.07) is 2.80.